The number of aromatic amines is 1. The second-order valence-electron chi connectivity index (χ2n) is 9.48. The summed E-state index contributed by atoms with van der Waals surface area (Å²) in [4.78, 5) is 57.0. The fraction of sp³-hybridized carbons (Fsp3) is 0.480. The number of carboxylic acids is 1. The molecular formula is C25H38N8O5. The van der Waals surface area contributed by atoms with Gasteiger partial charge in [-0.2, -0.15) is 0 Å². The number of hydrogen-bond donors (Lipinski definition) is 8. The number of amides is 3. The summed E-state index contributed by atoms with van der Waals surface area (Å²) >= 11 is 0. The lowest BCUT2D eigenvalue weighted by Gasteiger charge is -2.25. The number of nitrogens with zero attached hydrogens (tertiary/aromatic N) is 1. The molecule has 1 heterocycles. The van der Waals surface area contributed by atoms with Crippen molar-refractivity contribution >= 4 is 40.6 Å². The van der Waals surface area contributed by atoms with Crippen LogP contribution in [-0.4, -0.2) is 70.5 Å². The van der Waals surface area contributed by atoms with Gasteiger partial charge >= 0.3 is 5.97 Å². The Morgan fingerprint density at radius 3 is 2.32 bits per heavy atom. The van der Waals surface area contributed by atoms with Crippen molar-refractivity contribution in [3.8, 4) is 0 Å². The van der Waals surface area contributed by atoms with Gasteiger partial charge in [0.2, 0.25) is 17.7 Å². The van der Waals surface area contributed by atoms with E-state index in [1.807, 2.05) is 24.3 Å². The van der Waals surface area contributed by atoms with Crippen molar-refractivity contribution in [2.75, 3.05) is 6.54 Å². The van der Waals surface area contributed by atoms with Crippen LogP contribution in [0.3, 0.4) is 0 Å². The summed E-state index contributed by atoms with van der Waals surface area (Å²) in [6.07, 6.45) is 2.53. The quantitative estimate of drug-likeness (QED) is 0.0882. The predicted octanol–water partition coefficient (Wildman–Crippen LogP) is -0.694. The Bertz CT molecular complexity index is 1160. The Morgan fingerprint density at radius 2 is 1.68 bits per heavy atom. The van der Waals surface area contributed by atoms with Crippen LogP contribution in [-0.2, 0) is 25.6 Å². The Kier molecular flexibility index (Phi) is 11.1. The molecule has 38 heavy (non-hydrogen) atoms. The molecule has 0 aliphatic rings. The van der Waals surface area contributed by atoms with E-state index in [4.69, 9.17) is 17.2 Å². The van der Waals surface area contributed by atoms with Crippen molar-refractivity contribution < 1.29 is 24.3 Å². The SMILES string of the molecule is CC(NC(=O)C(N)Cc1c[nH]c2ccccc12)C(=O)NC(CCCN=C(N)N)C(=O)NC(C(=O)O)C(C)C. The maximum Gasteiger partial charge on any atom is 0.326 e. The second kappa shape index (κ2) is 14.0. The van der Waals surface area contributed by atoms with Crippen molar-refractivity contribution in [1.29, 1.82) is 0 Å². The lowest BCUT2D eigenvalue weighted by atomic mass is 10.0. The minimum atomic E-state index is -1.19. The largest absolute Gasteiger partial charge is 0.480 e. The van der Waals surface area contributed by atoms with Gasteiger partial charge in [0.25, 0.3) is 0 Å². The molecule has 3 amide bonds. The van der Waals surface area contributed by atoms with Crippen LogP contribution in [0.4, 0.5) is 0 Å². The first-order chi connectivity index (χ1) is 17.9. The predicted molar refractivity (Wildman–Crippen MR) is 144 cm³/mol. The standard InChI is InChI=1S/C25H38N8O5/c1-13(2)20(24(37)38)33-23(36)19(9-6-10-29-25(27)28)32-21(34)14(3)31-22(35)17(26)11-15-12-30-18-8-5-4-7-16(15)18/h4-5,7-8,12-14,17,19-20,30H,6,9-11,26H2,1-3H3,(H,31,35)(H,32,34)(H,33,36)(H,37,38)(H4,27,28,29). The summed E-state index contributed by atoms with van der Waals surface area (Å²) in [5.74, 6) is -3.51. The Balaban J connectivity index is 2.02. The van der Waals surface area contributed by atoms with Crippen molar-refractivity contribution in [2.45, 2.75) is 64.2 Å². The van der Waals surface area contributed by atoms with Crippen LogP contribution in [0.2, 0.25) is 0 Å². The molecule has 2 aromatic rings. The molecule has 0 aliphatic carbocycles. The van der Waals surface area contributed by atoms with Crippen LogP contribution in [0.15, 0.2) is 35.5 Å². The molecule has 0 aliphatic heterocycles. The molecule has 4 unspecified atom stereocenters. The van der Waals surface area contributed by atoms with Gasteiger partial charge in [-0.3, -0.25) is 19.4 Å². The normalized spacial score (nSPS) is 14.2. The van der Waals surface area contributed by atoms with Crippen molar-refractivity contribution in [1.82, 2.24) is 20.9 Å². The van der Waals surface area contributed by atoms with E-state index in [1.165, 1.54) is 6.92 Å². The summed E-state index contributed by atoms with van der Waals surface area (Å²) in [6, 6.07) is 3.50. The van der Waals surface area contributed by atoms with Gasteiger partial charge in [0.15, 0.2) is 5.96 Å². The molecule has 13 heteroatoms. The zero-order chi connectivity index (χ0) is 28.4. The van der Waals surface area contributed by atoms with E-state index >= 15 is 0 Å². The molecule has 0 spiro atoms. The number of carboxylic acid groups (broad SMARTS) is 1. The molecule has 0 saturated carbocycles. The number of fused-ring (bicyclic) bond motifs is 1. The minimum absolute atomic E-state index is 0.110. The van der Waals surface area contributed by atoms with Gasteiger partial charge in [-0.25, -0.2) is 4.79 Å². The molecule has 0 radical (unpaired) electrons. The van der Waals surface area contributed by atoms with Crippen LogP contribution >= 0.6 is 0 Å². The van der Waals surface area contributed by atoms with Gasteiger partial charge in [-0.15, -0.1) is 0 Å². The number of carbonyl (C=O) groups is 4. The number of rotatable bonds is 14. The van der Waals surface area contributed by atoms with E-state index in [9.17, 15) is 24.3 Å². The number of aliphatic carboxylic acids is 1. The van der Waals surface area contributed by atoms with E-state index in [2.05, 4.69) is 25.9 Å². The smallest absolute Gasteiger partial charge is 0.326 e. The summed E-state index contributed by atoms with van der Waals surface area (Å²) in [6.45, 7) is 4.99. The maximum atomic E-state index is 12.9. The maximum absolute atomic E-state index is 12.9. The number of benzene rings is 1. The third-order valence-corrected chi connectivity index (χ3v) is 6.01. The van der Waals surface area contributed by atoms with E-state index in [0.717, 1.165) is 16.5 Å². The van der Waals surface area contributed by atoms with Gasteiger partial charge in [0.1, 0.15) is 18.1 Å². The van der Waals surface area contributed by atoms with Crippen LogP contribution < -0.4 is 33.2 Å². The summed E-state index contributed by atoms with van der Waals surface area (Å²) < 4.78 is 0. The van der Waals surface area contributed by atoms with Crippen LogP contribution in [0.1, 0.15) is 39.2 Å². The highest BCUT2D eigenvalue weighted by Gasteiger charge is 2.30. The first-order valence-electron chi connectivity index (χ1n) is 12.4. The fourth-order valence-electron chi connectivity index (χ4n) is 3.85. The number of para-hydroxylation sites is 1. The Labute approximate surface area is 221 Å². The van der Waals surface area contributed by atoms with Crippen molar-refractivity contribution in [3.05, 3.63) is 36.0 Å². The minimum Gasteiger partial charge on any atom is -0.480 e. The van der Waals surface area contributed by atoms with Crippen LogP contribution in [0, 0.1) is 5.92 Å². The topological polar surface area (TPSA) is 231 Å². The summed E-state index contributed by atoms with van der Waals surface area (Å²) in [5.41, 5.74) is 18.5. The third-order valence-electron chi connectivity index (χ3n) is 6.01. The monoisotopic (exact) mass is 530 g/mol. The first kappa shape index (κ1) is 30.1. The third kappa shape index (κ3) is 8.76. The Hall–Kier alpha value is -4.13. The lowest BCUT2D eigenvalue weighted by Crippen LogP contribution is -2.57. The van der Waals surface area contributed by atoms with Crippen molar-refractivity contribution in [3.63, 3.8) is 0 Å². The summed E-state index contributed by atoms with van der Waals surface area (Å²) in [5, 5.41) is 18.0. The lowest BCUT2D eigenvalue weighted by molar-refractivity contribution is -0.143. The molecule has 1 aromatic carbocycles. The first-order valence-corrected chi connectivity index (χ1v) is 12.4. The van der Waals surface area contributed by atoms with E-state index in [1.54, 1.807) is 20.0 Å². The zero-order valence-corrected chi connectivity index (χ0v) is 21.9. The molecule has 13 nitrogen and oxygen atoms in total. The molecule has 11 N–H and O–H groups in total. The number of guanidine groups is 1. The molecule has 0 saturated heterocycles. The van der Waals surface area contributed by atoms with E-state index in [0.29, 0.717) is 6.42 Å². The highest BCUT2D eigenvalue weighted by molar-refractivity contribution is 5.94. The average molecular weight is 531 g/mol. The van der Waals surface area contributed by atoms with Gasteiger partial charge in [0.05, 0.1) is 6.04 Å². The number of hydrogen-bond acceptors (Lipinski definition) is 6. The van der Waals surface area contributed by atoms with E-state index < -0.39 is 47.9 Å². The average Bonchev–Trinajstić information content (AvgIpc) is 3.26. The molecule has 1 aromatic heterocycles. The summed E-state index contributed by atoms with van der Waals surface area (Å²) in [7, 11) is 0. The number of nitrogens with one attached hydrogen (secondary N) is 4. The number of nitrogens with two attached hydrogens (primary N) is 3. The van der Waals surface area contributed by atoms with E-state index in [-0.39, 0.29) is 31.3 Å². The number of aliphatic imine (C=N–C) groups is 1. The fourth-order valence-corrected chi connectivity index (χ4v) is 3.85. The molecule has 0 bridgehead atoms. The highest BCUT2D eigenvalue weighted by atomic mass is 16.4. The number of aromatic nitrogens is 1. The zero-order valence-electron chi connectivity index (χ0n) is 21.9. The molecule has 0 fully saturated rings. The molecule has 208 valence electrons. The second-order valence-corrected chi connectivity index (χ2v) is 9.48. The highest BCUT2D eigenvalue weighted by Crippen LogP contribution is 2.18. The van der Waals surface area contributed by atoms with Gasteiger partial charge in [-0.05, 0) is 43.7 Å². The molecule has 4 atom stereocenters. The van der Waals surface area contributed by atoms with Crippen molar-refractivity contribution in [2.24, 2.45) is 28.1 Å². The van der Waals surface area contributed by atoms with Crippen LogP contribution in [0.25, 0.3) is 10.9 Å². The van der Waals surface area contributed by atoms with Gasteiger partial charge in [0, 0.05) is 23.6 Å². The molecular weight excluding hydrogens is 492 g/mol. The van der Waals surface area contributed by atoms with Gasteiger partial charge in [-0.1, -0.05) is 32.0 Å². The van der Waals surface area contributed by atoms with Crippen LogP contribution in [0.5, 0.6) is 0 Å². The number of carbonyl (C=O) groups excluding carboxylic acids is 3. The Morgan fingerprint density at radius 1 is 1.00 bits per heavy atom. The van der Waals surface area contributed by atoms with Gasteiger partial charge < -0.3 is 43.2 Å². The number of H-pyrrole nitrogens is 1. The molecule has 2 rings (SSSR count).